The summed E-state index contributed by atoms with van der Waals surface area (Å²) < 4.78 is 0. The lowest BCUT2D eigenvalue weighted by Crippen LogP contribution is -2.49. The average Bonchev–Trinajstić information content (AvgIpc) is 2.69. The lowest BCUT2D eigenvalue weighted by molar-refractivity contribution is 0.138. The van der Waals surface area contributed by atoms with Gasteiger partial charge < -0.3 is 14.7 Å². The van der Waals surface area contributed by atoms with Gasteiger partial charge in [-0.25, -0.2) is 4.79 Å². The zero-order valence-electron chi connectivity index (χ0n) is 11.9. The minimum Gasteiger partial charge on any atom is -0.325 e. The zero-order valence-corrected chi connectivity index (χ0v) is 11.9. The first kappa shape index (κ1) is 13.7. The minimum atomic E-state index is 0.278. The molecule has 104 valence electrons. The minimum absolute atomic E-state index is 0.278. The predicted octanol–water partition coefficient (Wildman–Crippen LogP) is 2.01. The number of hydrogen-bond donors (Lipinski definition) is 0. The topological polar surface area (TPSA) is 26.8 Å². The number of rotatable bonds is 0. The summed E-state index contributed by atoms with van der Waals surface area (Å²) in [6, 6.07) is 0.618. The van der Waals surface area contributed by atoms with Gasteiger partial charge in [0.25, 0.3) is 0 Å². The van der Waals surface area contributed by atoms with E-state index >= 15 is 0 Å². The lowest BCUT2D eigenvalue weighted by atomic mass is 10.2. The number of likely N-dealkylation sites (tertiary alicyclic amines) is 1. The van der Waals surface area contributed by atoms with Crippen molar-refractivity contribution in [3.63, 3.8) is 0 Å². The van der Waals surface area contributed by atoms with Crippen LogP contribution < -0.4 is 0 Å². The molecule has 4 heteroatoms. The van der Waals surface area contributed by atoms with Gasteiger partial charge in [0.2, 0.25) is 0 Å². The van der Waals surface area contributed by atoms with Crippen molar-refractivity contribution in [2.75, 3.05) is 39.8 Å². The van der Waals surface area contributed by atoms with Crippen LogP contribution in [0.2, 0.25) is 0 Å². The maximum Gasteiger partial charge on any atom is 0.320 e. The van der Waals surface area contributed by atoms with E-state index < -0.39 is 0 Å². The van der Waals surface area contributed by atoms with Gasteiger partial charge in [-0.15, -0.1) is 0 Å². The molecule has 2 aliphatic heterocycles. The molecule has 0 N–H and O–H groups in total. The van der Waals surface area contributed by atoms with Crippen molar-refractivity contribution in [2.24, 2.45) is 0 Å². The Morgan fingerprint density at radius 2 is 1.61 bits per heavy atom. The van der Waals surface area contributed by atoms with E-state index in [0.717, 1.165) is 39.1 Å². The van der Waals surface area contributed by atoms with E-state index in [2.05, 4.69) is 28.7 Å². The van der Waals surface area contributed by atoms with E-state index in [9.17, 15) is 4.79 Å². The second-order valence-electron chi connectivity index (χ2n) is 5.84. The fourth-order valence-electron chi connectivity index (χ4n) is 3.10. The Morgan fingerprint density at radius 3 is 2.28 bits per heavy atom. The van der Waals surface area contributed by atoms with Crippen LogP contribution >= 0.6 is 0 Å². The molecule has 0 saturated carbocycles. The molecule has 2 heterocycles. The van der Waals surface area contributed by atoms with E-state index in [1.54, 1.807) is 0 Å². The zero-order chi connectivity index (χ0) is 13.0. The number of carbonyl (C=O) groups is 1. The van der Waals surface area contributed by atoms with Crippen LogP contribution in [0.1, 0.15) is 39.0 Å². The summed E-state index contributed by atoms with van der Waals surface area (Å²) in [6.07, 6.45) is 6.01. The molecule has 0 aromatic carbocycles. The van der Waals surface area contributed by atoms with Crippen molar-refractivity contribution >= 4 is 6.03 Å². The molecule has 2 rings (SSSR count). The summed E-state index contributed by atoms with van der Waals surface area (Å²) in [6.45, 7) is 7.11. The smallest absolute Gasteiger partial charge is 0.320 e. The van der Waals surface area contributed by atoms with Gasteiger partial charge in [-0.05, 0) is 39.8 Å². The highest BCUT2D eigenvalue weighted by atomic mass is 16.2. The number of hydrogen-bond acceptors (Lipinski definition) is 2. The predicted molar refractivity (Wildman–Crippen MR) is 73.7 cm³/mol. The van der Waals surface area contributed by atoms with E-state index in [1.165, 1.54) is 25.7 Å². The SMILES string of the molecule is CC1CN(C)CCCN1C(=O)N1CCCCCC1. The largest absolute Gasteiger partial charge is 0.325 e. The van der Waals surface area contributed by atoms with Crippen LogP contribution in [0.4, 0.5) is 4.79 Å². The van der Waals surface area contributed by atoms with Gasteiger partial charge in [0.15, 0.2) is 0 Å². The first-order valence-corrected chi connectivity index (χ1v) is 7.42. The van der Waals surface area contributed by atoms with E-state index in [0.29, 0.717) is 6.04 Å². The monoisotopic (exact) mass is 253 g/mol. The molecule has 4 nitrogen and oxygen atoms in total. The van der Waals surface area contributed by atoms with Crippen molar-refractivity contribution in [2.45, 2.75) is 45.1 Å². The Morgan fingerprint density at radius 1 is 0.944 bits per heavy atom. The molecule has 18 heavy (non-hydrogen) atoms. The molecule has 0 aromatic heterocycles. The van der Waals surface area contributed by atoms with Gasteiger partial charge in [-0.2, -0.15) is 0 Å². The molecule has 1 unspecified atom stereocenters. The van der Waals surface area contributed by atoms with Crippen molar-refractivity contribution in [1.82, 2.24) is 14.7 Å². The van der Waals surface area contributed by atoms with Crippen molar-refractivity contribution in [3.05, 3.63) is 0 Å². The van der Waals surface area contributed by atoms with Gasteiger partial charge >= 0.3 is 6.03 Å². The van der Waals surface area contributed by atoms with Crippen molar-refractivity contribution < 1.29 is 4.79 Å². The number of carbonyl (C=O) groups excluding carboxylic acids is 1. The molecular weight excluding hydrogens is 226 g/mol. The standard InChI is InChI=1S/C14H27N3O/c1-13-12-15(2)8-7-11-17(13)14(18)16-9-5-3-4-6-10-16/h13H,3-12H2,1-2H3. The Labute approximate surface area is 111 Å². The van der Waals surface area contributed by atoms with E-state index in [4.69, 9.17) is 0 Å². The van der Waals surface area contributed by atoms with Crippen LogP contribution in [0.25, 0.3) is 0 Å². The highest BCUT2D eigenvalue weighted by Gasteiger charge is 2.27. The molecule has 2 saturated heterocycles. The Bertz CT molecular complexity index is 274. The normalized spacial score (nSPS) is 27.8. The second-order valence-corrected chi connectivity index (χ2v) is 5.84. The maximum absolute atomic E-state index is 12.6. The van der Waals surface area contributed by atoms with Crippen LogP contribution in [-0.4, -0.2) is 66.5 Å². The molecular formula is C14H27N3O. The molecule has 0 spiro atoms. The highest BCUT2D eigenvalue weighted by Crippen LogP contribution is 2.15. The molecule has 1 atom stereocenters. The number of amides is 2. The third kappa shape index (κ3) is 3.37. The van der Waals surface area contributed by atoms with E-state index in [1.807, 2.05) is 0 Å². The lowest BCUT2D eigenvalue weighted by Gasteiger charge is -2.33. The molecule has 0 aliphatic carbocycles. The fourth-order valence-corrected chi connectivity index (χ4v) is 3.10. The Kier molecular flexibility index (Phi) is 4.87. The number of urea groups is 1. The molecule has 2 amide bonds. The van der Waals surface area contributed by atoms with Gasteiger partial charge in [0.05, 0.1) is 0 Å². The van der Waals surface area contributed by atoms with Crippen molar-refractivity contribution in [1.29, 1.82) is 0 Å². The third-order valence-electron chi connectivity index (χ3n) is 4.17. The summed E-state index contributed by atoms with van der Waals surface area (Å²) in [4.78, 5) is 19.1. The number of nitrogens with zero attached hydrogens (tertiary/aromatic N) is 3. The van der Waals surface area contributed by atoms with Gasteiger partial charge in [-0.1, -0.05) is 12.8 Å². The summed E-state index contributed by atoms with van der Waals surface area (Å²) in [5.74, 6) is 0. The summed E-state index contributed by atoms with van der Waals surface area (Å²) in [5.41, 5.74) is 0. The molecule has 0 radical (unpaired) electrons. The van der Waals surface area contributed by atoms with Crippen LogP contribution in [0.5, 0.6) is 0 Å². The van der Waals surface area contributed by atoms with Crippen LogP contribution in [0.15, 0.2) is 0 Å². The van der Waals surface area contributed by atoms with Crippen LogP contribution in [0.3, 0.4) is 0 Å². The third-order valence-corrected chi connectivity index (χ3v) is 4.17. The average molecular weight is 253 g/mol. The first-order chi connectivity index (χ1) is 8.68. The van der Waals surface area contributed by atoms with Crippen molar-refractivity contribution in [3.8, 4) is 0 Å². The number of likely N-dealkylation sites (N-methyl/N-ethyl adjacent to an activating group) is 1. The highest BCUT2D eigenvalue weighted by molar-refractivity contribution is 5.74. The summed E-state index contributed by atoms with van der Waals surface area (Å²) in [7, 11) is 2.15. The molecule has 0 bridgehead atoms. The Hall–Kier alpha value is -0.770. The van der Waals surface area contributed by atoms with Gasteiger partial charge in [0, 0.05) is 32.2 Å². The second kappa shape index (κ2) is 6.41. The van der Waals surface area contributed by atoms with E-state index in [-0.39, 0.29) is 6.03 Å². The van der Waals surface area contributed by atoms with Crippen LogP contribution in [0, 0.1) is 0 Å². The van der Waals surface area contributed by atoms with Crippen LogP contribution in [-0.2, 0) is 0 Å². The molecule has 2 aliphatic rings. The maximum atomic E-state index is 12.6. The fraction of sp³-hybridized carbons (Fsp3) is 0.929. The molecule has 0 aromatic rings. The quantitative estimate of drug-likeness (QED) is 0.660. The summed E-state index contributed by atoms with van der Waals surface area (Å²) in [5, 5.41) is 0. The Balaban J connectivity index is 1.97. The first-order valence-electron chi connectivity index (χ1n) is 7.42. The summed E-state index contributed by atoms with van der Waals surface area (Å²) >= 11 is 0. The van der Waals surface area contributed by atoms with Gasteiger partial charge in [-0.3, -0.25) is 0 Å². The van der Waals surface area contributed by atoms with Gasteiger partial charge in [0.1, 0.15) is 0 Å². The molecule has 2 fully saturated rings.